The highest BCUT2D eigenvalue weighted by atomic mass is 32.2. The van der Waals surface area contributed by atoms with E-state index in [2.05, 4.69) is 25.1 Å². The molecule has 0 amide bonds. The minimum Gasteiger partial charge on any atom is -0.411 e. The largest absolute Gasteiger partial charge is 0.411 e. The van der Waals surface area contributed by atoms with Crippen LogP contribution in [0.5, 0.6) is 0 Å². The lowest BCUT2D eigenvalue weighted by Gasteiger charge is -2.00. The van der Waals surface area contributed by atoms with Crippen LogP contribution in [-0.2, 0) is 5.75 Å². The Bertz CT molecular complexity index is 1040. The average molecular weight is 337 g/mol. The van der Waals surface area contributed by atoms with E-state index in [0.29, 0.717) is 28.1 Å². The van der Waals surface area contributed by atoms with Crippen molar-refractivity contribution in [3.05, 3.63) is 64.8 Å². The molecule has 0 unspecified atom stereocenters. The molecule has 118 valence electrons. The maximum Gasteiger partial charge on any atom is 0.277 e. The number of nitrogens with one attached hydrogen (secondary N) is 1. The van der Waals surface area contributed by atoms with E-state index in [1.165, 1.54) is 11.8 Å². The first-order valence-electron chi connectivity index (χ1n) is 7.14. The number of thioether (sulfide) groups is 1. The van der Waals surface area contributed by atoms with Crippen LogP contribution in [0.1, 0.15) is 5.69 Å². The number of nitrogens with zero attached hydrogens (tertiary/aromatic N) is 4. The first-order valence-corrected chi connectivity index (χ1v) is 8.13. The van der Waals surface area contributed by atoms with Crippen LogP contribution in [0.15, 0.2) is 63.2 Å². The van der Waals surface area contributed by atoms with Crippen molar-refractivity contribution < 1.29 is 4.42 Å². The molecule has 1 aromatic carbocycles. The number of hydrogen-bond donors (Lipinski definition) is 1. The van der Waals surface area contributed by atoms with Gasteiger partial charge < -0.3 is 9.40 Å². The van der Waals surface area contributed by atoms with Gasteiger partial charge in [0.1, 0.15) is 5.69 Å². The number of aromatic nitrogens is 5. The Morgan fingerprint density at radius 2 is 1.92 bits per heavy atom. The number of benzene rings is 1. The lowest BCUT2D eigenvalue weighted by molar-refractivity contribution is 0.465. The van der Waals surface area contributed by atoms with Gasteiger partial charge in [0.25, 0.3) is 10.8 Å². The van der Waals surface area contributed by atoms with Crippen LogP contribution in [-0.4, -0.2) is 25.1 Å². The number of aromatic amines is 1. The molecule has 0 aliphatic carbocycles. The highest BCUT2D eigenvalue weighted by molar-refractivity contribution is 7.98. The van der Waals surface area contributed by atoms with Crippen molar-refractivity contribution in [1.29, 1.82) is 0 Å². The van der Waals surface area contributed by atoms with Gasteiger partial charge in [-0.15, -0.1) is 10.2 Å². The van der Waals surface area contributed by atoms with Gasteiger partial charge in [0.15, 0.2) is 0 Å². The summed E-state index contributed by atoms with van der Waals surface area (Å²) in [4.78, 5) is 23.2. The molecule has 0 atom stereocenters. The van der Waals surface area contributed by atoms with Gasteiger partial charge >= 0.3 is 0 Å². The Kier molecular flexibility index (Phi) is 3.80. The summed E-state index contributed by atoms with van der Waals surface area (Å²) in [6.45, 7) is 0. The number of H-pyrrole nitrogens is 1. The van der Waals surface area contributed by atoms with Crippen molar-refractivity contribution in [1.82, 2.24) is 25.1 Å². The summed E-state index contributed by atoms with van der Waals surface area (Å²) < 4.78 is 5.59. The van der Waals surface area contributed by atoms with Crippen LogP contribution < -0.4 is 5.56 Å². The van der Waals surface area contributed by atoms with Crippen LogP contribution in [0.2, 0.25) is 0 Å². The molecule has 0 bridgehead atoms. The van der Waals surface area contributed by atoms with Gasteiger partial charge in [0.05, 0.1) is 16.8 Å². The molecule has 0 aliphatic rings. The molecule has 0 aliphatic heterocycles. The first-order chi connectivity index (χ1) is 11.8. The predicted octanol–water partition coefficient (Wildman–Crippen LogP) is 2.66. The molecule has 8 heteroatoms. The molecule has 0 fully saturated rings. The summed E-state index contributed by atoms with van der Waals surface area (Å²) in [6, 6.07) is 11.0. The van der Waals surface area contributed by atoms with Crippen molar-refractivity contribution in [3.8, 4) is 11.5 Å². The molecule has 3 heterocycles. The highest BCUT2D eigenvalue weighted by Gasteiger charge is 2.11. The van der Waals surface area contributed by atoms with Crippen molar-refractivity contribution in [2.75, 3.05) is 0 Å². The maximum absolute atomic E-state index is 12.1. The quantitative estimate of drug-likeness (QED) is 0.572. The van der Waals surface area contributed by atoms with Crippen LogP contribution in [0.25, 0.3) is 22.5 Å². The van der Waals surface area contributed by atoms with Crippen molar-refractivity contribution in [3.63, 3.8) is 0 Å². The summed E-state index contributed by atoms with van der Waals surface area (Å²) in [5.74, 6) is 0.762. The van der Waals surface area contributed by atoms with Crippen molar-refractivity contribution >= 4 is 22.8 Å². The second-order valence-electron chi connectivity index (χ2n) is 4.93. The minimum atomic E-state index is -0.213. The van der Waals surface area contributed by atoms with Gasteiger partial charge in [-0.3, -0.25) is 9.78 Å². The van der Waals surface area contributed by atoms with Crippen molar-refractivity contribution in [2.24, 2.45) is 0 Å². The maximum atomic E-state index is 12.1. The molecule has 24 heavy (non-hydrogen) atoms. The van der Waals surface area contributed by atoms with Gasteiger partial charge in [0.2, 0.25) is 5.89 Å². The third-order valence-electron chi connectivity index (χ3n) is 3.34. The molecular formula is C16H11N5O2S. The molecule has 1 N–H and O–H groups in total. The van der Waals surface area contributed by atoms with Gasteiger partial charge in [-0.05, 0) is 24.3 Å². The fourth-order valence-corrected chi connectivity index (χ4v) is 2.87. The second kappa shape index (κ2) is 6.25. The van der Waals surface area contributed by atoms with E-state index in [1.807, 2.05) is 24.3 Å². The fourth-order valence-electron chi connectivity index (χ4n) is 2.17. The Balaban J connectivity index is 1.54. The molecule has 0 saturated heterocycles. The number of hydrogen-bond acceptors (Lipinski definition) is 7. The summed E-state index contributed by atoms with van der Waals surface area (Å²) >= 11 is 1.27. The topological polar surface area (TPSA) is 97.6 Å². The molecular weight excluding hydrogens is 326 g/mol. The normalized spacial score (nSPS) is 11.0. The number of fused-ring (bicyclic) bond motifs is 1. The lowest BCUT2D eigenvalue weighted by Crippen LogP contribution is -2.14. The Morgan fingerprint density at radius 3 is 2.79 bits per heavy atom. The van der Waals surface area contributed by atoms with E-state index in [0.717, 1.165) is 11.1 Å². The molecule has 0 saturated carbocycles. The van der Waals surface area contributed by atoms with E-state index in [4.69, 9.17) is 4.42 Å². The fraction of sp³-hybridized carbons (Fsp3) is 0.0625. The zero-order chi connectivity index (χ0) is 16.4. The smallest absolute Gasteiger partial charge is 0.277 e. The minimum absolute atomic E-state index is 0.213. The first kappa shape index (κ1) is 14.6. The number of para-hydroxylation sites is 2. The molecule has 0 spiro atoms. The van der Waals surface area contributed by atoms with E-state index < -0.39 is 0 Å². The van der Waals surface area contributed by atoms with Gasteiger partial charge in [-0.2, -0.15) is 0 Å². The third kappa shape index (κ3) is 2.91. The van der Waals surface area contributed by atoms with Crippen molar-refractivity contribution in [2.45, 2.75) is 11.0 Å². The van der Waals surface area contributed by atoms with Crippen LogP contribution in [0.3, 0.4) is 0 Å². The van der Waals surface area contributed by atoms with Crippen LogP contribution >= 0.6 is 11.8 Å². The standard InChI is InChI=1S/C16H11N5O2S/c22-14-13(18-11-3-1-2-4-12(11)19-14)9-24-16-21-20-15(23-16)10-5-7-17-8-6-10/h1-8H,9H2,(H,19,22). The lowest BCUT2D eigenvalue weighted by atomic mass is 10.3. The second-order valence-corrected chi connectivity index (χ2v) is 5.85. The molecule has 4 rings (SSSR count). The Labute approximate surface area is 140 Å². The van der Waals surface area contributed by atoms with E-state index in [1.54, 1.807) is 24.5 Å². The van der Waals surface area contributed by atoms with Gasteiger partial charge in [-0.25, -0.2) is 4.98 Å². The molecule has 0 radical (unpaired) electrons. The SMILES string of the molecule is O=c1[nH]c2ccccc2nc1CSc1nnc(-c2ccncc2)o1. The predicted molar refractivity (Wildman–Crippen MR) is 89.5 cm³/mol. The van der Waals surface area contributed by atoms with E-state index in [-0.39, 0.29) is 5.56 Å². The molecule has 3 aromatic heterocycles. The third-order valence-corrected chi connectivity index (χ3v) is 4.17. The summed E-state index contributed by atoms with van der Waals surface area (Å²) in [7, 11) is 0. The summed E-state index contributed by atoms with van der Waals surface area (Å²) in [5, 5.41) is 8.37. The molecule has 4 aromatic rings. The highest BCUT2D eigenvalue weighted by Crippen LogP contribution is 2.24. The van der Waals surface area contributed by atoms with Crippen LogP contribution in [0, 0.1) is 0 Å². The summed E-state index contributed by atoms with van der Waals surface area (Å²) in [6.07, 6.45) is 3.32. The Hall–Kier alpha value is -3.00. The number of rotatable bonds is 4. The van der Waals surface area contributed by atoms with Crippen LogP contribution in [0.4, 0.5) is 0 Å². The van der Waals surface area contributed by atoms with E-state index in [9.17, 15) is 4.79 Å². The average Bonchev–Trinajstić information content (AvgIpc) is 3.10. The number of pyridine rings is 1. The van der Waals surface area contributed by atoms with Gasteiger partial charge in [0, 0.05) is 18.0 Å². The zero-order valence-electron chi connectivity index (χ0n) is 12.3. The summed E-state index contributed by atoms with van der Waals surface area (Å²) in [5.41, 5.74) is 2.47. The monoisotopic (exact) mass is 337 g/mol. The van der Waals surface area contributed by atoms with Gasteiger partial charge in [-0.1, -0.05) is 23.9 Å². The molecule has 7 nitrogen and oxygen atoms in total. The Morgan fingerprint density at radius 1 is 1.08 bits per heavy atom. The van der Waals surface area contributed by atoms with E-state index >= 15 is 0 Å². The zero-order valence-corrected chi connectivity index (χ0v) is 13.2.